The molecule has 4 aromatic rings. The molecule has 38 heavy (non-hydrogen) atoms. The van der Waals surface area contributed by atoms with Crippen LogP contribution in [-0.2, 0) is 6.54 Å². The van der Waals surface area contributed by atoms with Gasteiger partial charge in [0.25, 0.3) is 0 Å². The van der Waals surface area contributed by atoms with E-state index >= 15 is 4.39 Å². The van der Waals surface area contributed by atoms with Gasteiger partial charge in [-0.05, 0) is 38.1 Å². The normalized spacial score (nSPS) is 11.9. The fourth-order valence-corrected chi connectivity index (χ4v) is 4.81. The number of rotatable bonds is 9. The minimum atomic E-state index is -0.553. The van der Waals surface area contributed by atoms with Crippen molar-refractivity contribution in [2.24, 2.45) is 0 Å². The molecular formula is C29H28Cl2FN3O3. The minimum absolute atomic E-state index is 0.196. The summed E-state index contributed by atoms with van der Waals surface area (Å²) in [5.74, 6) is 0.398. The first-order valence-corrected chi connectivity index (χ1v) is 12.7. The fourth-order valence-electron chi connectivity index (χ4n) is 4.17. The Morgan fingerprint density at radius 3 is 2.45 bits per heavy atom. The monoisotopic (exact) mass is 555 g/mol. The van der Waals surface area contributed by atoms with Gasteiger partial charge in [-0.25, -0.2) is 9.37 Å². The smallest absolute Gasteiger partial charge is 0.216 e. The van der Waals surface area contributed by atoms with E-state index in [1.165, 1.54) is 13.2 Å². The maximum absolute atomic E-state index is 15.2. The highest BCUT2D eigenvalue weighted by Gasteiger charge is 2.20. The van der Waals surface area contributed by atoms with E-state index in [0.29, 0.717) is 61.9 Å². The molecule has 0 saturated carbocycles. The molecule has 0 radical (unpaired) electrons. The molecule has 2 heterocycles. The first-order valence-electron chi connectivity index (χ1n) is 12.0. The van der Waals surface area contributed by atoms with E-state index in [1.807, 2.05) is 37.3 Å². The van der Waals surface area contributed by atoms with Gasteiger partial charge in [0.15, 0.2) is 0 Å². The lowest BCUT2D eigenvalue weighted by molar-refractivity contribution is 0.190. The SMILES string of the molecule is COc1cc(-c2nccc(-c3cccc(-c4ccc(C)c(OC)n4)c3Cl)c2Cl)cc(F)c1CNC[C@H](C)O. The molecule has 2 N–H and O–H groups in total. The lowest BCUT2D eigenvalue weighted by Gasteiger charge is -2.16. The summed E-state index contributed by atoms with van der Waals surface area (Å²) in [7, 11) is 3.05. The maximum atomic E-state index is 15.2. The summed E-state index contributed by atoms with van der Waals surface area (Å²) in [6.45, 7) is 4.09. The van der Waals surface area contributed by atoms with Crippen molar-refractivity contribution < 1.29 is 19.0 Å². The number of benzene rings is 2. The third-order valence-electron chi connectivity index (χ3n) is 6.09. The van der Waals surface area contributed by atoms with Crippen LogP contribution in [0.15, 0.2) is 54.7 Å². The topological polar surface area (TPSA) is 76.5 Å². The maximum Gasteiger partial charge on any atom is 0.216 e. The molecule has 0 saturated heterocycles. The van der Waals surface area contributed by atoms with Crippen molar-refractivity contribution in [2.75, 3.05) is 20.8 Å². The average molecular weight is 556 g/mol. The van der Waals surface area contributed by atoms with E-state index in [-0.39, 0.29) is 6.54 Å². The molecule has 0 fully saturated rings. The zero-order valence-electron chi connectivity index (χ0n) is 21.5. The Kier molecular flexibility index (Phi) is 8.84. The molecule has 198 valence electrons. The Balaban J connectivity index is 1.76. The Labute approximate surface area is 231 Å². The van der Waals surface area contributed by atoms with Gasteiger partial charge in [-0.3, -0.25) is 4.98 Å². The molecule has 0 bridgehead atoms. The van der Waals surface area contributed by atoms with E-state index < -0.39 is 11.9 Å². The lowest BCUT2D eigenvalue weighted by Crippen LogP contribution is -2.24. The predicted octanol–water partition coefficient (Wildman–Crippen LogP) is 6.72. The van der Waals surface area contributed by atoms with Gasteiger partial charge >= 0.3 is 0 Å². The number of methoxy groups -OCH3 is 2. The zero-order valence-corrected chi connectivity index (χ0v) is 23.0. The molecule has 4 rings (SSSR count). The number of hydrogen-bond donors (Lipinski definition) is 2. The predicted molar refractivity (Wildman–Crippen MR) is 150 cm³/mol. The second-order valence-corrected chi connectivity index (χ2v) is 9.59. The van der Waals surface area contributed by atoms with E-state index in [1.54, 1.807) is 32.4 Å². The number of hydrogen-bond acceptors (Lipinski definition) is 6. The molecule has 2 aromatic heterocycles. The molecule has 2 aromatic carbocycles. The minimum Gasteiger partial charge on any atom is -0.496 e. The number of nitrogens with zero attached hydrogens (tertiary/aromatic N) is 2. The summed E-state index contributed by atoms with van der Waals surface area (Å²) >= 11 is 13.7. The molecule has 0 spiro atoms. The molecular weight excluding hydrogens is 528 g/mol. The van der Waals surface area contributed by atoms with Crippen molar-refractivity contribution in [1.82, 2.24) is 15.3 Å². The largest absolute Gasteiger partial charge is 0.496 e. The van der Waals surface area contributed by atoms with Crippen LogP contribution in [0.25, 0.3) is 33.6 Å². The molecule has 0 aliphatic carbocycles. The highest BCUT2D eigenvalue weighted by atomic mass is 35.5. The number of halogens is 3. The molecule has 0 unspecified atom stereocenters. The molecule has 9 heteroatoms. The Morgan fingerprint density at radius 1 is 1.00 bits per heavy atom. The van der Waals surface area contributed by atoms with Gasteiger partial charge in [0, 0.05) is 52.7 Å². The van der Waals surface area contributed by atoms with E-state index in [0.717, 1.165) is 11.1 Å². The van der Waals surface area contributed by atoms with Crippen LogP contribution in [0.2, 0.25) is 10.0 Å². The van der Waals surface area contributed by atoms with Crippen LogP contribution < -0.4 is 14.8 Å². The Hall–Kier alpha value is -3.23. The van der Waals surface area contributed by atoms with Crippen LogP contribution in [0.4, 0.5) is 4.39 Å². The second-order valence-electron chi connectivity index (χ2n) is 8.83. The quantitative estimate of drug-likeness (QED) is 0.239. The van der Waals surface area contributed by atoms with Gasteiger partial charge in [-0.1, -0.05) is 47.5 Å². The highest BCUT2D eigenvalue weighted by molar-refractivity contribution is 6.39. The average Bonchev–Trinajstić information content (AvgIpc) is 2.90. The van der Waals surface area contributed by atoms with Crippen molar-refractivity contribution in [3.05, 3.63) is 81.7 Å². The number of pyridine rings is 2. The summed E-state index contributed by atoms with van der Waals surface area (Å²) in [5, 5.41) is 13.3. The van der Waals surface area contributed by atoms with Crippen LogP contribution in [0.3, 0.4) is 0 Å². The standard InChI is InChI=1S/C29H28Cl2FN3O3/c1-16-8-9-24(35-29(16)38-4)21-7-5-6-19(26(21)30)20-10-11-34-28(27(20)31)18-12-23(32)22(25(13-18)37-3)15-33-14-17(2)36/h5-13,17,33,36H,14-15H2,1-4H3/t17-/m0/s1. The first kappa shape index (κ1) is 27.8. The fraction of sp³-hybridized carbons (Fsp3) is 0.241. The van der Waals surface area contributed by atoms with Gasteiger partial charge in [0.05, 0.1) is 41.8 Å². The summed E-state index contributed by atoms with van der Waals surface area (Å²) in [5.41, 5.74) is 4.83. The molecule has 0 aliphatic rings. The van der Waals surface area contributed by atoms with Gasteiger partial charge in [-0.2, -0.15) is 0 Å². The van der Waals surface area contributed by atoms with Crippen molar-refractivity contribution in [3.63, 3.8) is 0 Å². The third-order valence-corrected chi connectivity index (χ3v) is 6.88. The summed E-state index contributed by atoms with van der Waals surface area (Å²) in [4.78, 5) is 9.02. The van der Waals surface area contributed by atoms with E-state index in [9.17, 15) is 5.11 Å². The number of aromatic nitrogens is 2. The zero-order chi connectivity index (χ0) is 27.4. The van der Waals surface area contributed by atoms with Crippen LogP contribution in [0, 0.1) is 12.7 Å². The highest BCUT2D eigenvalue weighted by Crippen LogP contribution is 2.42. The number of nitrogens with one attached hydrogen (secondary N) is 1. The number of aliphatic hydroxyl groups excluding tert-OH is 1. The van der Waals surface area contributed by atoms with Gasteiger partial charge in [0.1, 0.15) is 11.6 Å². The Morgan fingerprint density at radius 2 is 1.74 bits per heavy atom. The Bertz CT molecular complexity index is 1460. The molecule has 0 aliphatic heterocycles. The van der Waals surface area contributed by atoms with Crippen molar-refractivity contribution in [2.45, 2.75) is 26.5 Å². The third kappa shape index (κ3) is 5.76. The van der Waals surface area contributed by atoms with Crippen LogP contribution >= 0.6 is 23.2 Å². The first-order chi connectivity index (χ1) is 18.2. The van der Waals surface area contributed by atoms with Gasteiger partial charge in [-0.15, -0.1) is 0 Å². The van der Waals surface area contributed by atoms with Gasteiger partial charge < -0.3 is 19.9 Å². The second kappa shape index (κ2) is 12.1. The lowest BCUT2D eigenvalue weighted by atomic mass is 9.99. The van der Waals surface area contributed by atoms with Crippen molar-refractivity contribution in [3.8, 4) is 45.3 Å². The number of aliphatic hydroxyl groups is 1. The summed E-state index contributed by atoms with van der Waals surface area (Å²) < 4.78 is 26.0. The van der Waals surface area contributed by atoms with Crippen LogP contribution in [0.1, 0.15) is 18.1 Å². The number of aryl methyl sites for hydroxylation is 1. The van der Waals surface area contributed by atoms with Crippen molar-refractivity contribution >= 4 is 23.2 Å². The summed E-state index contributed by atoms with van der Waals surface area (Å²) in [6, 6.07) is 14.3. The van der Waals surface area contributed by atoms with Gasteiger partial charge in [0.2, 0.25) is 5.88 Å². The molecule has 6 nitrogen and oxygen atoms in total. The molecule has 0 amide bonds. The molecule has 1 atom stereocenters. The summed E-state index contributed by atoms with van der Waals surface area (Å²) in [6.07, 6.45) is 1.05. The van der Waals surface area contributed by atoms with Crippen LogP contribution in [-0.4, -0.2) is 41.9 Å². The number of ether oxygens (including phenoxy) is 2. The van der Waals surface area contributed by atoms with Crippen LogP contribution in [0.5, 0.6) is 11.6 Å². The van der Waals surface area contributed by atoms with E-state index in [2.05, 4.69) is 15.3 Å². The van der Waals surface area contributed by atoms with E-state index in [4.69, 9.17) is 32.7 Å². The van der Waals surface area contributed by atoms with Crippen molar-refractivity contribution in [1.29, 1.82) is 0 Å².